The molecule has 2 aromatic carbocycles. The highest BCUT2D eigenvalue weighted by molar-refractivity contribution is 7.89. The third-order valence-electron chi connectivity index (χ3n) is 6.16. The summed E-state index contributed by atoms with van der Waals surface area (Å²) in [5.74, 6) is -0.428. The molecular formula is C24H29N3O4S. The Morgan fingerprint density at radius 2 is 1.75 bits per heavy atom. The molecule has 2 aromatic rings. The minimum atomic E-state index is -3.55. The average molecular weight is 456 g/mol. The first-order valence-corrected chi connectivity index (χ1v) is 12.5. The number of carbonyl (C=O) groups is 2. The molecule has 0 saturated carbocycles. The van der Waals surface area contributed by atoms with Crippen LogP contribution in [-0.2, 0) is 26.0 Å². The van der Waals surface area contributed by atoms with Crippen LogP contribution < -0.4 is 10.2 Å². The van der Waals surface area contributed by atoms with E-state index in [0.717, 1.165) is 36.0 Å². The molecule has 2 aliphatic rings. The average Bonchev–Trinajstić information content (AvgIpc) is 2.78. The van der Waals surface area contributed by atoms with E-state index in [1.165, 1.54) is 4.90 Å². The number of fused-ring (bicyclic) bond motifs is 1. The van der Waals surface area contributed by atoms with Gasteiger partial charge < -0.3 is 10.2 Å². The van der Waals surface area contributed by atoms with E-state index in [4.69, 9.17) is 0 Å². The largest absolute Gasteiger partial charge is 0.324 e. The van der Waals surface area contributed by atoms with Crippen molar-refractivity contribution in [3.05, 3.63) is 53.1 Å². The Labute approximate surface area is 189 Å². The summed E-state index contributed by atoms with van der Waals surface area (Å²) in [5, 5.41) is 2.88. The Morgan fingerprint density at radius 3 is 2.47 bits per heavy atom. The fourth-order valence-corrected chi connectivity index (χ4v) is 5.98. The van der Waals surface area contributed by atoms with E-state index >= 15 is 0 Å². The molecule has 4 rings (SSSR count). The van der Waals surface area contributed by atoms with Gasteiger partial charge in [-0.3, -0.25) is 9.59 Å². The maximum Gasteiger partial charge on any atom is 0.244 e. The van der Waals surface area contributed by atoms with Crippen molar-refractivity contribution in [2.45, 2.75) is 50.8 Å². The van der Waals surface area contributed by atoms with Gasteiger partial charge in [-0.2, -0.15) is 4.31 Å². The van der Waals surface area contributed by atoms with Crippen LogP contribution in [0.2, 0.25) is 0 Å². The van der Waals surface area contributed by atoms with Crippen molar-refractivity contribution in [2.75, 3.05) is 29.9 Å². The van der Waals surface area contributed by atoms with Crippen molar-refractivity contribution in [3.8, 4) is 0 Å². The first-order chi connectivity index (χ1) is 15.3. The molecule has 0 bridgehead atoms. The van der Waals surface area contributed by atoms with Crippen LogP contribution in [0.3, 0.4) is 0 Å². The second kappa shape index (κ2) is 9.03. The number of nitrogens with one attached hydrogen (secondary N) is 1. The van der Waals surface area contributed by atoms with Crippen molar-refractivity contribution in [1.82, 2.24) is 4.31 Å². The summed E-state index contributed by atoms with van der Waals surface area (Å²) in [5.41, 5.74) is 4.16. The highest BCUT2D eigenvalue weighted by atomic mass is 32.2. The zero-order valence-corrected chi connectivity index (χ0v) is 19.4. The molecule has 0 radical (unpaired) electrons. The van der Waals surface area contributed by atoms with Gasteiger partial charge in [0.15, 0.2) is 0 Å². The number of rotatable bonds is 5. The topological polar surface area (TPSA) is 86.8 Å². The number of anilines is 2. The third kappa shape index (κ3) is 4.56. The van der Waals surface area contributed by atoms with Crippen LogP contribution in [0.1, 0.15) is 42.4 Å². The minimum absolute atomic E-state index is 0.114. The number of piperidine rings is 1. The molecule has 32 heavy (non-hydrogen) atoms. The molecule has 0 unspecified atom stereocenters. The quantitative estimate of drug-likeness (QED) is 0.749. The second-order valence-electron chi connectivity index (χ2n) is 8.60. The Kier molecular flexibility index (Phi) is 6.35. The van der Waals surface area contributed by atoms with Crippen LogP contribution in [0.25, 0.3) is 0 Å². The number of aryl methyl sites for hydroxylation is 3. The van der Waals surface area contributed by atoms with Gasteiger partial charge in [-0.1, -0.05) is 24.1 Å². The lowest BCUT2D eigenvalue weighted by atomic mass is 10.0. The monoisotopic (exact) mass is 455 g/mol. The molecule has 2 amide bonds. The van der Waals surface area contributed by atoms with Crippen LogP contribution in [-0.4, -0.2) is 44.2 Å². The van der Waals surface area contributed by atoms with Crippen molar-refractivity contribution in [3.63, 3.8) is 0 Å². The predicted octanol–water partition coefficient (Wildman–Crippen LogP) is 3.40. The van der Waals surface area contributed by atoms with Gasteiger partial charge in [0.2, 0.25) is 21.8 Å². The molecule has 7 nitrogen and oxygen atoms in total. The fourth-order valence-electron chi connectivity index (χ4n) is 4.41. The number of benzene rings is 2. The zero-order chi connectivity index (χ0) is 22.9. The fraction of sp³-hybridized carbons (Fsp3) is 0.417. The molecule has 0 spiro atoms. The third-order valence-corrected chi connectivity index (χ3v) is 8.06. The second-order valence-corrected chi connectivity index (χ2v) is 10.5. The molecule has 1 N–H and O–H groups in total. The predicted molar refractivity (Wildman–Crippen MR) is 124 cm³/mol. The van der Waals surface area contributed by atoms with Gasteiger partial charge in [0, 0.05) is 30.9 Å². The summed E-state index contributed by atoms with van der Waals surface area (Å²) in [7, 11) is -3.55. The number of sulfonamides is 1. The highest BCUT2D eigenvalue weighted by Crippen LogP contribution is 2.31. The molecular weight excluding hydrogens is 426 g/mol. The summed E-state index contributed by atoms with van der Waals surface area (Å²) in [4.78, 5) is 27.0. The van der Waals surface area contributed by atoms with Gasteiger partial charge in [-0.15, -0.1) is 0 Å². The lowest BCUT2D eigenvalue weighted by molar-refractivity contribution is -0.121. The van der Waals surface area contributed by atoms with E-state index in [2.05, 4.69) is 5.32 Å². The van der Waals surface area contributed by atoms with Crippen molar-refractivity contribution in [1.29, 1.82) is 0 Å². The summed E-state index contributed by atoms with van der Waals surface area (Å²) < 4.78 is 27.6. The van der Waals surface area contributed by atoms with Crippen LogP contribution in [0.15, 0.2) is 41.3 Å². The highest BCUT2D eigenvalue weighted by Gasteiger charge is 2.30. The number of hydrogen-bond donors (Lipinski definition) is 1. The van der Waals surface area contributed by atoms with Crippen molar-refractivity contribution in [2.24, 2.45) is 0 Å². The van der Waals surface area contributed by atoms with Crippen molar-refractivity contribution >= 4 is 33.2 Å². The van der Waals surface area contributed by atoms with Gasteiger partial charge in [0.25, 0.3) is 0 Å². The minimum Gasteiger partial charge on any atom is -0.324 e. The van der Waals surface area contributed by atoms with Crippen LogP contribution in [0.4, 0.5) is 11.4 Å². The molecule has 170 valence electrons. The zero-order valence-electron chi connectivity index (χ0n) is 18.6. The first-order valence-electron chi connectivity index (χ1n) is 11.1. The smallest absolute Gasteiger partial charge is 0.244 e. The molecule has 2 heterocycles. The normalized spacial score (nSPS) is 17.2. The first kappa shape index (κ1) is 22.5. The lowest BCUT2D eigenvalue weighted by Crippen LogP contribution is -2.41. The number of hydrogen-bond acceptors (Lipinski definition) is 4. The summed E-state index contributed by atoms with van der Waals surface area (Å²) in [6.07, 6.45) is 3.52. The van der Waals surface area contributed by atoms with Gasteiger partial charge in [-0.05, 0) is 68.5 Å². The van der Waals surface area contributed by atoms with Gasteiger partial charge in [0.1, 0.15) is 6.54 Å². The lowest BCUT2D eigenvalue weighted by Gasteiger charge is -2.30. The summed E-state index contributed by atoms with van der Waals surface area (Å²) in [6, 6.07) is 10.6. The van der Waals surface area contributed by atoms with Gasteiger partial charge >= 0.3 is 0 Å². The Balaban J connectivity index is 1.54. The van der Waals surface area contributed by atoms with Crippen LogP contribution >= 0.6 is 0 Å². The molecule has 2 aliphatic heterocycles. The summed E-state index contributed by atoms with van der Waals surface area (Å²) in [6.45, 7) is 4.89. The van der Waals surface area contributed by atoms with E-state index in [9.17, 15) is 18.0 Å². The molecule has 0 aromatic heterocycles. The molecule has 0 atom stereocenters. The molecule has 8 heteroatoms. The number of carbonyl (C=O) groups excluding carboxylic acids is 2. The number of amides is 2. The molecule has 0 aliphatic carbocycles. The van der Waals surface area contributed by atoms with E-state index < -0.39 is 10.0 Å². The number of nitrogens with zero attached hydrogens (tertiary/aromatic N) is 2. The Bertz CT molecular complexity index is 1150. The molecule has 1 fully saturated rings. The summed E-state index contributed by atoms with van der Waals surface area (Å²) >= 11 is 0. The maximum absolute atomic E-state index is 13.0. The Hall–Kier alpha value is -2.71. The van der Waals surface area contributed by atoms with E-state index in [1.54, 1.807) is 22.5 Å². The van der Waals surface area contributed by atoms with E-state index in [1.807, 2.05) is 32.0 Å². The van der Waals surface area contributed by atoms with Crippen LogP contribution in [0.5, 0.6) is 0 Å². The van der Waals surface area contributed by atoms with Crippen molar-refractivity contribution < 1.29 is 18.0 Å². The van der Waals surface area contributed by atoms with E-state index in [-0.39, 0.29) is 29.7 Å². The Morgan fingerprint density at radius 1 is 1.00 bits per heavy atom. The SMILES string of the molecule is Cc1ccc(NC(=O)CN2C(=O)CCc3cc(S(=O)(=O)N4CCCCC4)ccc32)c(C)c1. The van der Waals surface area contributed by atoms with E-state index in [0.29, 0.717) is 30.9 Å². The standard InChI is InChI=1S/C24H29N3O4S/c1-17-6-9-21(18(2)14-17)25-23(28)16-27-22-10-8-20(15-19(22)7-11-24(27)29)32(30,31)26-12-4-3-5-13-26/h6,8-10,14-15H,3-5,7,11-13,16H2,1-2H3,(H,25,28). The van der Waals surface area contributed by atoms with Gasteiger partial charge in [-0.25, -0.2) is 8.42 Å². The van der Waals surface area contributed by atoms with Gasteiger partial charge in [0.05, 0.1) is 4.90 Å². The van der Waals surface area contributed by atoms with Crippen LogP contribution in [0, 0.1) is 13.8 Å². The maximum atomic E-state index is 13.0. The molecule has 1 saturated heterocycles.